The molecule has 0 fully saturated rings. The Balaban J connectivity index is 1.79. The van der Waals surface area contributed by atoms with Gasteiger partial charge >= 0.3 is 5.69 Å². The Hall–Kier alpha value is -4.08. The van der Waals surface area contributed by atoms with Gasteiger partial charge in [-0.25, -0.2) is 9.18 Å². The summed E-state index contributed by atoms with van der Waals surface area (Å²) < 4.78 is 18.5. The van der Waals surface area contributed by atoms with E-state index in [9.17, 15) is 18.8 Å². The van der Waals surface area contributed by atoms with Crippen LogP contribution in [0.25, 0.3) is 21.9 Å². The minimum Gasteiger partial charge on any atom is -0.371 e. The van der Waals surface area contributed by atoms with Gasteiger partial charge in [-0.3, -0.25) is 28.4 Å². The monoisotopic (exact) mass is 504 g/mol. The molecule has 0 saturated carbocycles. The van der Waals surface area contributed by atoms with E-state index in [1.54, 1.807) is 33.8 Å². The highest BCUT2D eigenvalue weighted by Crippen LogP contribution is 2.36. The molecule has 0 spiro atoms. The quantitative estimate of drug-likeness (QED) is 0.400. The van der Waals surface area contributed by atoms with E-state index < -0.39 is 11.2 Å². The maximum absolute atomic E-state index is 14.2. The highest BCUT2D eigenvalue weighted by atomic mass is 19.1. The van der Waals surface area contributed by atoms with Crippen molar-refractivity contribution in [1.29, 1.82) is 0 Å². The van der Waals surface area contributed by atoms with Gasteiger partial charge in [0.1, 0.15) is 11.2 Å². The topological polar surface area (TPSA) is 95.0 Å². The Morgan fingerprint density at radius 1 is 1.19 bits per heavy atom. The van der Waals surface area contributed by atoms with Crippen LogP contribution in [0.15, 0.2) is 51.8 Å². The highest BCUT2D eigenvalue weighted by Gasteiger charge is 2.33. The molecule has 0 N–H and O–H groups in total. The Morgan fingerprint density at radius 3 is 2.62 bits per heavy atom. The number of carbonyl (C=O) groups is 1. The zero-order chi connectivity index (χ0) is 26.6. The lowest BCUT2D eigenvalue weighted by Gasteiger charge is -2.22. The molecular formula is C27H29FN6O3. The zero-order valence-corrected chi connectivity index (χ0v) is 21.5. The third kappa shape index (κ3) is 4.16. The molecule has 1 atom stereocenters. The van der Waals surface area contributed by atoms with Gasteiger partial charge in [0.15, 0.2) is 11.4 Å². The van der Waals surface area contributed by atoms with Crippen LogP contribution in [0.2, 0.25) is 0 Å². The number of benzene rings is 1. The fourth-order valence-corrected chi connectivity index (χ4v) is 5.11. The van der Waals surface area contributed by atoms with Crippen LogP contribution in [-0.4, -0.2) is 41.6 Å². The molecule has 0 radical (unpaired) electrons. The van der Waals surface area contributed by atoms with Gasteiger partial charge in [-0.1, -0.05) is 13.8 Å². The van der Waals surface area contributed by atoms with Gasteiger partial charge in [-0.05, 0) is 42.7 Å². The number of hydrogen-bond donors (Lipinski definition) is 0. The molecule has 0 aliphatic carbocycles. The van der Waals surface area contributed by atoms with Crippen molar-refractivity contribution in [3.05, 3.63) is 80.1 Å². The van der Waals surface area contributed by atoms with Crippen LogP contribution < -0.4 is 11.2 Å². The first-order valence-electron chi connectivity index (χ1n) is 12.2. The molecule has 10 heteroatoms. The first-order chi connectivity index (χ1) is 17.6. The maximum Gasteiger partial charge on any atom is 0.332 e. The predicted octanol–water partition coefficient (Wildman–Crippen LogP) is 3.14. The normalized spacial score (nSPS) is 15.8. The van der Waals surface area contributed by atoms with E-state index in [-0.39, 0.29) is 30.1 Å². The molecule has 1 aromatic carbocycles. The van der Waals surface area contributed by atoms with Gasteiger partial charge in [-0.2, -0.15) is 5.10 Å². The SMILES string of the molecule is CC(=O)C1=CN(C)C(c2c3c(=O)n(C)c(=O)n(CC(C)C)c3nn2Cc2ccnc3ccc(F)cc23)C1. The Bertz CT molecular complexity index is 1710. The lowest BCUT2D eigenvalue weighted by atomic mass is 10.0. The van der Waals surface area contributed by atoms with Gasteiger partial charge < -0.3 is 4.90 Å². The molecule has 3 aromatic heterocycles. The summed E-state index contributed by atoms with van der Waals surface area (Å²) >= 11 is 0. The molecule has 192 valence electrons. The van der Waals surface area contributed by atoms with Crippen molar-refractivity contribution in [2.45, 2.75) is 46.3 Å². The van der Waals surface area contributed by atoms with Crippen LogP contribution in [0.3, 0.4) is 0 Å². The highest BCUT2D eigenvalue weighted by molar-refractivity contribution is 5.94. The van der Waals surface area contributed by atoms with Gasteiger partial charge in [-0.15, -0.1) is 0 Å². The second-order valence-electron chi connectivity index (χ2n) is 10.1. The summed E-state index contributed by atoms with van der Waals surface area (Å²) in [6.07, 6.45) is 3.86. The molecular weight excluding hydrogens is 475 g/mol. The van der Waals surface area contributed by atoms with Crippen LogP contribution >= 0.6 is 0 Å². The summed E-state index contributed by atoms with van der Waals surface area (Å²) in [5, 5.41) is 5.81. The Labute approximate surface area is 212 Å². The first kappa shape index (κ1) is 24.6. The maximum atomic E-state index is 14.2. The summed E-state index contributed by atoms with van der Waals surface area (Å²) in [6, 6.07) is 5.88. The van der Waals surface area contributed by atoms with E-state index in [1.165, 1.54) is 26.1 Å². The molecule has 9 nitrogen and oxygen atoms in total. The molecule has 5 rings (SSSR count). The summed E-state index contributed by atoms with van der Waals surface area (Å²) in [5.41, 5.74) is 2.13. The van der Waals surface area contributed by atoms with Crippen molar-refractivity contribution in [2.24, 2.45) is 13.0 Å². The minimum absolute atomic E-state index is 0.0371. The molecule has 1 unspecified atom stereocenters. The molecule has 1 aliphatic heterocycles. The zero-order valence-electron chi connectivity index (χ0n) is 21.5. The van der Waals surface area contributed by atoms with Crippen LogP contribution in [0.1, 0.15) is 44.5 Å². The molecule has 37 heavy (non-hydrogen) atoms. The molecule has 4 aromatic rings. The van der Waals surface area contributed by atoms with Crippen molar-refractivity contribution in [2.75, 3.05) is 7.05 Å². The van der Waals surface area contributed by atoms with E-state index in [4.69, 9.17) is 5.10 Å². The molecule has 0 amide bonds. The van der Waals surface area contributed by atoms with Crippen LogP contribution in [-0.2, 0) is 24.9 Å². The average molecular weight is 505 g/mol. The van der Waals surface area contributed by atoms with E-state index in [0.29, 0.717) is 46.2 Å². The fraction of sp³-hybridized carbons (Fsp3) is 0.370. The number of hydrogen-bond acceptors (Lipinski definition) is 6. The lowest BCUT2D eigenvalue weighted by molar-refractivity contribution is -0.113. The van der Waals surface area contributed by atoms with Gasteiger partial charge in [0.2, 0.25) is 0 Å². The van der Waals surface area contributed by atoms with E-state index in [2.05, 4.69) is 4.98 Å². The molecule has 0 bridgehead atoms. The second-order valence-corrected chi connectivity index (χ2v) is 10.1. The second kappa shape index (κ2) is 9.10. The number of fused-ring (bicyclic) bond motifs is 2. The fourth-order valence-electron chi connectivity index (χ4n) is 5.11. The number of aromatic nitrogens is 5. The number of halogens is 1. The standard InChI is InChI=1S/C27H29FN6O3/c1-15(2)12-33-25-23(26(36)32(5)27(33)37)24(22-10-18(16(3)35)13-31(22)4)34(30-25)14-17-8-9-29-21-7-6-19(28)11-20(17)21/h6-9,11,13,15,22H,10,12,14H2,1-5H3. The largest absolute Gasteiger partial charge is 0.371 e. The molecule has 0 saturated heterocycles. The molecule has 4 heterocycles. The number of Topliss-reactive ketones (excluding diaryl/α,β-unsaturated/α-hetero) is 1. The number of rotatable bonds is 6. The van der Waals surface area contributed by atoms with Crippen molar-refractivity contribution in [3.63, 3.8) is 0 Å². The third-order valence-electron chi connectivity index (χ3n) is 6.96. The number of pyridine rings is 1. The van der Waals surface area contributed by atoms with Crippen LogP contribution in [0, 0.1) is 11.7 Å². The minimum atomic E-state index is -0.434. The van der Waals surface area contributed by atoms with Gasteiger partial charge in [0.05, 0.1) is 23.8 Å². The van der Waals surface area contributed by atoms with E-state index in [1.807, 2.05) is 25.8 Å². The van der Waals surface area contributed by atoms with Crippen molar-refractivity contribution in [3.8, 4) is 0 Å². The third-order valence-corrected chi connectivity index (χ3v) is 6.96. The van der Waals surface area contributed by atoms with Crippen LogP contribution in [0.5, 0.6) is 0 Å². The summed E-state index contributed by atoms with van der Waals surface area (Å²) in [6.45, 7) is 6.12. The summed E-state index contributed by atoms with van der Waals surface area (Å²) in [7, 11) is 3.33. The average Bonchev–Trinajstić information content (AvgIpc) is 3.41. The molecule has 1 aliphatic rings. The van der Waals surface area contributed by atoms with E-state index >= 15 is 0 Å². The number of nitrogens with zero attached hydrogens (tertiary/aromatic N) is 6. The smallest absolute Gasteiger partial charge is 0.332 e. The number of carbonyl (C=O) groups excluding carboxylic acids is 1. The lowest BCUT2D eigenvalue weighted by Crippen LogP contribution is -2.39. The van der Waals surface area contributed by atoms with Crippen molar-refractivity contribution in [1.82, 2.24) is 28.8 Å². The Morgan fingerprint density at radius 2 is 1.95 bits per heavy atom. The Kier molecular flexibility index (Phi) is 6.05. The van der Waals surface area contributed by atoms with Gasteiger partial charge in [0, 0.05) is 50.4 Å². The first-order valence-corrected chi connectivity index (χ1v) is 12.2. The van der Waals surface area contributed by atoms with Crippen LogP contribution in [0.4, 0.5) is 4.39 Å². The van der Waals surface area contributed by atoms with Crippen molar-refractivity contribution < 1.29 is 9.18 Å². The number of ketones is 1. The van der Waals surface area contributed by atoms with E-state index in [0.717, 1.165) is 10.1 Å². The summed E-state index contributed by atoms with van der Waals surface area (Å²) in [5.74, 6) is -0.276. The predicted molar refractivity (Wildman–Crippen MR) is 139 cm³/mol. The van der Waals surface area contributed by atoms with Gasteiger partial charge in [0.25, 0.3) is 5.56 Å². The summed E-state index contributed by atoms with van der Waals surface area (Å²) in [4.78, 5) is 45.1. The van der Waals surface area contributed by atoms with Crippen molar-refractivity contribution >= 4 is 27.7 Å².